The Labute approximate surface area is 139 Å². The van der Waals surface area contributed by atoms with Gasteiger partial charge in [0.25, 0.3) is 11.8 Å². The first-order chi connectivity index (χ1) is 11.1. The van der Waals surface area contributed by atoms with Crippen molar-refractivity contribution in [2.45, 2.75) is 0 Å². The number of hydrogen-bond acceptors (Lipinski definition) is 4. The van der Waals surface area contributed by atoms with Gasteiger partial charge in [-0.05, 0) is 58.4 Å². The summed E-state index contributed by atoms with van der Waals surface area (Å²) in [5.74, 6) is -0.361. The Kier molecular flexibility index (Phi) is 4.29. The average Bonchev–Trinajstić information content (AvgIpc) is 3.18. The molecule has 2 heterocycles. The van der Waals surface area contributed by atoms with Gasteiger partial charge < -0.3 is 19.5 Å². The molecule has 3 rings (SSSR count). The van der Waals surface area contributed by atoms with Crippen molar-refractivity contribution < 1.29 is 18.4 Å². The number of furan rings is 2. The number of amides is 2. The standard InChI is InChI=1S/C16H11BrN2O4/c17-14-7-6-13(23-14)16(21)19-11-4-1-3-10(9-11)18-15(20)12-5-2-8-22-12/h1-9H,(H,18,20)(H,19,21). The third-order valence-corrected chi connectivity index (χ3v) is 3.35. The molecule has 0 spiro atoms. The van der Waals surface area contributed by atoms with Gasteiger partial charge >= 0.3 is 0 Å². The fourth-order valence-corrected chi connectivity index (χ4v) is 2.21. The first kappa shape index (κ1) is 15.1. The van der Waals surface area contributed by atoms with Gasteiger partial charge in [0, 0.05) is 11.4 Å². The Morgan fingerprint density at radius 3 is 2.13 bits per heavy atom. The summed E-state index contributed by atoms with van der Waals surface area (Å²) in [6.45, 7) is 0. The molecule has 2 amide bonds. The lowest BCUT2D eigenvalue weighted by Crippen LogP contribution is -2.13. The fourth-order valence-electron chi connectivity index (χ4n) is 1.90. The van der Waals surface area contributed by atoms with E-state index in [1.807, 2.05) is 0 Å². The van der Waals surface area contributed by atoms with Crippen molar-refractivity contribution in [2.24, 2.45) is 0 Å². The number of benzene rings is 1. The molecule has 7 heteroatoms. The fraction of sp³-hybridized carbons (Fsp3) is 0. The predicted molar refractivity (Wildman–Crippen MR) is 87.5 cm³/mol. The molecule has 23 heavy (non-hydrogen) atoms. The molecule has 2 N–H and O–H groups in total. The Morgan fingerprint density at radius 1 is 0.870 bits per heavy atom. The monoisotopic (exact) mass is 374 g/mol. The summed E-state index contributed by atoms with van der Waals surface area (Å²) < 4.78 is 10.7. The number of anilines is 2. The van der Waals surface area contributed by atoms with Gasteiger partial charge in [-0.1, -0.05) is 6.07 Å². The summed E-state index contributed by atoms with van der Waals surface area (Å²) in [6.07, 6.45) is 1.42. The molecule has 0 bridgehead atoms. The highest BCUT2D eigenvalue weighted by molar-refractivity contribution is 9.10. The van der Waals surface area contributed by atoms with Gasteiger partial charge in [0.1, 0.15) is 0 Å². The number of halogens is 1. The number of hydrogen-bond donors (Lipinski definition) is 2. The van der Waals surface area contributed by atoms with Crippen molar-refractivity contribution in [1.82, 2.24) is 0 Å². The molecule has 0 unspecified atom stereocenters. The van der Waals surface area contributed by atoms with E-state index in [1.54, 1.807) is 48.5 Å². The van der Waals surface area contributed by atoms with Crippen LogP contribution in [0, 0.1) is 0 Å². The predicted octanol–water partition coefficient (Wildman–Crippen LogP) is 4.14. The minimum absolute atomic E-state index is 0.182. The summed E-state index contributed by atoms with van der Waals surface area (Å²) in [5.41, 5.74) is 1.06. The number of nitrogens with one attached hydrogen (secondary N) is 2. The van der Waals surface area contributed by atoms with Gasteiger partial charge in [-0.25, -0.2) is 0 Å². The maximum atomic E-state index is 12.0. The summed E-state index contributed by atoms with van der Waals surface area (Å²) >= 11 is 3.14. The second-order valence-corrected chi connectivity index (χ2v) is 5.35. The summed E-state index contributed by atoms with van der Waals surface area (Å²) in [5, 5.41) is 5.38. The lowest BCUT2D eigenvalue weighted by molar-refractivity contribution is 0.0989. The van der Waals surface area contributed by atoms with Crippen LogP contribution in [0.5, 0.6) is 0 Å². The van der Waals surface area contributed by atoms with E-state index in [1.165, 1.54) is 6.26 Å². The van der Waals surface area contributed by atoms with E-state index in [4.69, 9.17) is 8.83 Å². The molecule has 6 nitrogen and oxygen atoms in total. The highest BCUT2D eigenvalue weighted by atomic mass is 79.9. The molecule has 0 atom stereocenters. The molecule has 3 aromatic rings. The van der Waals surface area contributed by atoms with Crippen molar-refractivity contribution >= 4 is 39.1 Å². The van der Waals surface area contributed by atoms with E-state index < -0.39 is 0 Å². The lowest BCUT2D eigenvalue weighted by Gasteiger charge is -2.07. The third kappa shape index (κ3) is 3.70. The average molecular weight is 375 g/mol. The molecule has 0 saturated heterocycles. The van der Waals surface area contributed by atoms with Crippen molar-refractivity contribution in [1.29, 1.82) is 0 Å². The zero-order valence-electron chi connectivity index (χ0n) is 11.7. The number of carbonyl (C=O) groups excluding carboxylic acids is 2. The quantitative estimate of drug-likeness (QED) is 0.718. The number of rotatable bonds is 4. The molecular formula is C16H11BrN2O4. The van der Waals surface area contributed by atoms with Crippen LogP contribution < -0.4 is 10.6 Å². The van der Waals surface area contributed by atoms with E-state index in [9.17, 15) is 9.59 Å². The lowest BCUT2D eigenvalue weighted by atomic mass is 10.2. The second-order valence-electron chi connectivity index (χ2n) is 4.57. The van der Waals surface area contributed by atoms with Crippen molar-refractivity contribution in [2.75, 3.05) is 10.6 Å². The SMILES string of the molecule is O=C(Nc1cccc(NC(=O)c2ccc(Br)o2)c1)c1ccco1. The van der Waals surface area contributed by atoms with Crippen LogP contribution in [0.3, 0.4) is 0 Å². The molecular weight excluding hydrogens is 364 g/mol. The Hall–Kier alpha value is -2.80. The topological polar surface area (TPSA) is 84.5 Å². The summed E-state index contributed by atoms with van der Waals surface area (Å²) in [7, 11) is 0. The number of carbonyl (C=O) groups is 2. The maximum absolute atomic E-state index is 12.0. The van der Waals surface area contributed by atoms with Crippen LogP contribution in [-0.2, 0) is 0 Å². The molecule has 116 valence electrons. The molecule has 1 aromatic carbocycles. The van der Waals surface area contributed by atoms with Crippen molar-refractivity contribution in [3.63, 3.8) is 0 Å². The highest BCUT2D eigenvalue weighted by Gasteiger charge is 2.12. The van der Waals surface area contributed by atoms with Crippen molar-refractivity contribution in [3.05, 3.63) is 71.0 Å². The van der Waals surface area contributed by atoms with Crippen LogP contribution in [-0.4, -0.2) is 11.8 Å². The highest BCUT2D eigenvalue weighted by Crippen LogP contribution is 2.19. The molecule has 0 fully saturated rings. The molecule has 0 aliphatic carbocycles. The van der Waals surface area contributed by atoms with Gasteiger partial charge in [-0.2, -0.15) is 0 Å². The maximum Gasteiger partial charge on any atom is 0.291 e. The van der Waals surface area contributed by atoms with E-state index in [0.29, 0.717) is 16.0 Å². The minimum atomic E-state index is -0.384. The normalized spacial score (nSPS) is 10.3. The van der Waals surface area contributed by atoms with Crippen LogP contribution >= 0.6 is 15.9 Å². The Bertz CT molecular complexity index is 839. The smallest absolute Gasteiger partial charge is 0.291 e. The Balaban J connectivity index is 1.70. The van der Waals surface area contributed by atoms with Gasteiger partial charge in [-0.15, -0.1) is 0 Å². The summed E-state index contributed by atoms with van der Waals surface area (Å²) in [6, 6.07) is 13.2. The Morgan fingerprint density at radius 2 is 1.57 bits per heavy atom. The largest absolute Gasteiger partial charge is 0.459 e. The van der Waals surface area contributed by atoms with Crippen LogP contribution in [0.1, 0.15) is 21.1 Å². The van der Waals surface area contributed by atoms with Gasteiger partial charge in [-0.3, -0.25) is 9.59 Å². The first-order valence-electron chi connectivity index (χ1n) is 6.63. The first-order valence-corrected chi connectivity index (χ1v) is 7.43. The minimum Gasteiger partial charge on any atom is -0.459 e. The molecule has 0 aliphatic rings. The zero-order chi connectivity index (χ0) is 16.2. The molecule has 0 aliphatic heterocycles. The van der Waals surface area contributed by atoms with Gasteiger partial charge in [0.15, 0.2) is 16.2 Å². The van der Waals surface area contributed by atoms with E-state index >= 15 is 0 Å². The molecule has 0 saturated carbocycles. The zero-order valence-corrected chi connectivity index (χ0v) is 13.3. The van der Waals surface area contributed by atoms with Crippen LogP contribution in [0.4, 0.5) is 11.4 Å². The van der Waals surface area contributed by atoms with E-state index in [2.05, 4.69) is 26.6 Å². The molecule has 0 radical (unpaired) electrons. The van der Waals surface area contributed by atoms with Gasteiger partial charge in [0.2, 0.25) is 0 Å². The van der Waals surface area contributed by atoms with Crippen LogP contribution in [0.2, 0.25) is 0 Å². The van der Waals surface area contributed by atoms with E-state index in [-0.39, 0.29) is 23.3 Å². The van der Waals surface area contributed by atoms with E-state index in [0.717, 1.165) is 0 Å². The second kappa shape index (κ2) is 6.53. The van der Waals surface area contributed by atoms with Gasteiger partial charge in [0.05, 0.1) is 6.26 Å². The third-order valence-electron chi connectivity index (χ3n) is 2.92. The molecule has 2 aromatic heterocycles. The van der Waals surface area contributed by atoms with Crippen LogP contribution in [0.25, 0.3) is 0 Å². The van der Waals surface area contributed by atoms with Crippen molar-refractivity contribution in [3.8, 4) is 0 Å². The van der Waals surface area contributed by atoms with Crippen LogP contribution in [0.15, 0.2) is 68.3 Å². The summed E-state index contributed by atoms with van der Waals surface area (Å²) in [4.78, 5) is 23.9.